The minimum Gasteiger partial charge on any atom is -0.381 e. The number of hydrogen-bond acceptors (Lipinski definition) is 2. The smallest absolute Gasteiger partial charge is 0.251 e. The molecule has 0 aliphatic heterocycles. The number of aromatic nitrogens is 1. The van der Waals surface area contributed by atoms with Gasteiger partial charge in [-0.05, 0) is 24.5 Å². The largest absolute Gasteiger partial charge is 0.381 e. The third-order valence-corrected chi connectivity index (χ3v) is 2.78. The van der Waals surface area contributed by atoms with Crippen LogP contribution in [-0.4, -0.2) is 10.1 Å². The predicted octanol–water partition coefficient (Wildman–Crippen LogP) is 1.08. The van der Waals surface area contributed by atoms with Gasteiger partial charge < -0.3 is 10.1 Å². The van der Waals surface area contributed by atoms with Crippen LogP contribution in [0.3, 0.4) is 0 Å². The van der Waals surface area contributed by atoms with Gasteiger partial charge in [0, 0.05) is 11.8 Å². The van der Waals surface area contributed by atoms with E-state index in [9.17, 15) is 9.90 Å². The molecule has 0 bridgehead atoms. The Labute approximate surface area is 82.1 Å². The summed E-state index contributed by atoms with van der Waals surface area (Å²) in [4.78, 5) is 14.1. The van der Waals surface area contributed by atoms with Crippen LogP contribution in [0.1, 0.15) is 24.5 Å². The maximum Gasteiger partial charge on any atom is 0.251 e. The number of rotatable bonds is 1. The molecule has 0 radical (unpaired) electrons. The summed E-state index contributed by atoms with van der Waals surface area (Å²) >= 11 is 0. The summed E-state index contributed by atoms with van der Waals surface area (Å²) < 4.78 is 0. The first-order valence-electron chi connectivity index (χ1n) is 4.78. The lowest BCUT2D eigenvalue weighted by molar-refractivity contribution is 0.0820. The molecule has 1 aromatic heterocycles. The van der Waals surface area contributed by atoms with Crippen molar-refractivity contribution in [2.75, 3.05) is 0 Å². The van der Waals surface area contributed by atoms with E-state index >= 15 is 0 Å². The Morgan fingerprint density at radius 1 is 1.64 bits per heavy atom. The molecular weight excluding hydrogens is 178 g/mol. The fourth-order valence-corrected chi connectivity index (χ4v) is 1.89. The second-order valence-electron chi connectivity index (χ2n) is 3.58. The highest BCUT2D eigenvalue weighted by Crippen LogP contribution is 2.31. The fraction of sp³-hybridized carbons (Fsp3) is 0.364. The number of fused-ring (bicyclic) bond motifs is 1. The number of H-pyrrole nitrogens is 1. The standard InChI is InChI=1S/C11H13NO2/c1-2-11(14)6-3-4-8-9(11)5-7-12-10(8)13/h3,5-7,14H,2,4H2,1H3,(H,12,13). The van der Waals surface area contributed by atoms with Gasteiger partial charge in [-0.3, -0.25) is 4.79 Å². The highest BCUT2D eigenvalue weighted by atomic mass is 16.3. The Balaban J connectivity index is 2.66. The molecular formula is C11H13NO2. The van der Waals surface area contributed by atoms with Gasteiger partial charge in [-0.25, -0.2) is 0 Å². The molecule has 2 rings (SSSR count). The van der Waals surface area contributed by atoms with Crippen molar-refractivity contribution in [1.29, 1.82) is 0 Å². The van der Waals surface area contributed by atoms with Crippen molar-refractivity contribution in [2.24, 2.45) is 0 Å². The third-order valence-electron chi connectivity index (χ3n) is 2.78. The van der Waals surface area contributed by atoms with E-state index in [0.717, 1.165) is 5.56 Å². The van der Waals surface area contributed by atoms with Crippen molar-refractivity contribution in [2.45, 2.75) is 25.4 Å². The van der Waals surface area contributed by atoms with Gasteiger partial charge in [0.15, 0.2) is 0 Å². The molecule has 0 saturated carbocycles. The van der Waals surface area contributed by atoms with Crippen LogP contribution in [0.15, 0.2) is 29.2 Å². The summed E-state index contributed by atoms with van der Waals surface area (Å²) in [5.74, 6) is 0. The minimum absolute atomic E-state index is 0.0984. The minimum atomic E-state index is -0.957. The second-order valence-corrected chi connectivity index (χ2v) is 3.58. The fourth-order valence-electron chi connectivity index (χ4n) is 1.89. The Kier molecular flexibility index (Phi) is 2.04. The summed E-state index contributed by atoms with van der Waals surface area (Å²) in [5, 5.41) is 10.2. The Bertz CT molecular complexity index is 433. The first kappa shape index (κ1) is 9.21. The molecule has 2 N–H and O–H groups in total. The summed E-state index contributed by atoms with van der Waals surface area (Å²) in [7, 11) is 0. The number of pyridine rings is 1. The van der Waals surface area contributed by atoms with Crippen molar-refractivity contribution >= 4 is 0 Å². The number of allylic oxidation sites excluding steroid dienone is 1. The molecule has 0 amide bonds. The molecule has 74 valence electrons. The number of aliphatic hydroxyl groups is 1. The number of nitrogens with one attached hydrogen (secondary N) is 1. The topological polar surface area (TPSA) is 53.1 Å². The Morgan fingerprint density at radius 3 is 3.14 bits per heavy atom. The molecule has 1 atom stereocenters. The molecule has 3 heteroatoms. The molecule has 0 fully saturated rings. The molecule has 1 aliphatic rings. The maximum absolute atomic E-state index is 11.5. The van der Waals surface area contributed by atoms with E-state index in [1.165, 1.54) is 0 Å². The van der Waals surface area contributed by atoms with Crippen molar-refractivity contribution in [3.05, 3.63) is 45.9 Å². The van der Waals surface area contributed by atoms with Gasteiger partial charge in [-0.1, -0.05) is 19.1 Å². The third kappa shape index (κ3) is 1.21. The predicted molar refractivity (Wildman–Crippen MR) is 54.1 cm³/mol. The van der Waals surface area contributed by atoms with Gasteiger partial charge in [0.2, 0.25) is 0 Å². The molecule has 1 unspecified atom stereocenters. The summed E-state index contributed by atoms with van der Waals surface area (Å²) in [6, 6.07) is 1.78. The molecule has 0 spiro atoms. The molecule has 0 aromatic carbocycles. The average molecular weight is 191 g/mol. The van der Waals surface area contributed by atoms with Crippen LogP contribution >= 0.6 is 0 Å². The zero-order valence-electron chi connectivity index (χ0n) is 8.08. The summed E-state index contributed by atoms with van der Waals surface area (Å²) in [5.41, 5.74) is 0.367. The van der Waals surface area contributed by atoms with Crippen molar-refractivity contribution in [3.8, 4) is 0 Å². The molecule has 1 heterocycles. The van der Waals surface area contributed by atoms with Gasteiger partial charge in [-0.15, -0.1) is 0 Å². The molecule has 1 aromatic rings. The first-order valence-corrected chi connectivity index (χ1v) is 4.78. The Morgan fingerprint density at radius 2 is 2.43 bits per heavy atom. The lowest BCUT2D eigenvalue weighted by Crippen LogP contribution is -2.30. The maximum atomic E-state index is 11.5. The zero-order valence-corrected chi connectivity index (χ0v) is 8.08. The van der Waals surface area contributed by atoms with Crippen LogP contribution in [0.25, 0.3) is 0 Å². The second kappa shape index (κ2) is 3.10. The molecule has 14 heavy (non-hydrogen) atoms. The first-order chi connectivity index (χ1) is 6.67. The average Bonchev–Trinajstić information content (AvgIpc) is 2.20. The molecule has 3 nitrogen and oxygen atoms in total. The van der Waals surface area contributed by atoms with E-state index in [1.54, 1.807) is 18.3 Å². The normalized spacial score (nSPS) is 24.7. The summed E-state index contributed by atoms with van der Waals surface area (Å²) in [6.45, 7) is 1.90. The van der Waals surface area contributed by atoms with Gasteiger partial charge in [-0.2, -0.15) is 0 Å². The molecule has 1 aliphatic carbocycles. The SMILES string of the molecule is CCC1(O)C=CCc2c1cc[nH]c2=O. The van der Waals surface area contributed by atoms with E-state index in [4.69, 9.17) is 0 Å². The van der Waals surface area contributed by atoms with Gasteiger partial charge in [0.25, 0.3) is 5.56 Å². The Hall–Kier alpha value is -1.35. The van der Waals surface area contributed by atoms with Crippen LogP contribution in [0.2, 0.25) is 0 Å². The monoisotopic (exact) mass is 191 g/mol. The van der Waals surface area contributed by atoms with Crippen LogP contribution in [0.4, 0.5) is 0 Å². The highest BCUT2D eigenvalue weighted by molar-refractivity contribution is 5.38. The van der Waals surface area contributed by atoms with E-state index in [2.05, 4.69) is 4.98 Å². The van der Waals surface area contributed by atoms with E-state index < -0.39 is 5.60 Å². The quantitative estimate of drug-likeness (QED) is 0.653. The van der Waals surface area contributed by atoms with Crippen LogP contribution in [0.5, 0.6) is 0 Å². The van der Waals surface area contributed by atoms with Crippen LogP contribution in [-0.2, 0) is 12.0 Å². The van der Waals surface area contributed by atoms with Gasteiger partial charge >= 0.3 is 0 Å². The van der Waals surface area contributed by atoms with E-state index in [-0.39, 0.29) is 5.56 Å². The lowest BCUT2D eigenvalue weighted by atomic mass is 9.83. The number of hydrogen-bond donors (Lipinski definition) is 2. The summed E-state index contributed by atoms with van der Waals surface area (Å²) in [6.07, 6.45) is 6.39. The van der Waals surface area contributed by atoms with Crippen molar-refractivity contribution < 1.29 is 5.11 Å². The van der Waals surface area contributed by atoms with Crippen LogP contribution in [0, 0.1) is 0 Å². The highest BCUT2D eigenvalue weighted by Gasteiger charge is 2.29. The zero-order chi connectivity index (χ0) is 10.2. The van der Waals surface area contributed by atoms with Crippen molar-refractivity contribution in [3.63, 3.8) is 0 Å². The number of aromatic amines is 1. The van der Waals surface area contributed by atoms with E-state index in [0.29, 0.717) is 18.4 Å². The van der Waals surface area contributed by atoms with Crippen LogP contribution < -0.4 is 5.56 Å². The van der Waals surface area contributed by atoms with E-state index in [1.807, 2.05) is 13.0 Å². The molecule has 0 saturated heterocycles. The van der Waals surface area contributed by atoms with Crippen molar-refractivity contribution in [1.82, 2.24) is 4.98 Å². The van der Waals surface area contributed by atoms with Gasteiger partial charge in [0.05, 0.1) is 0 Å². The lowest BCUT2D eigenvalue weighted by Gasteiger charge is -2.28. The van der Waals surface area contributed by atoms with Gasteiger partial charge in [0.1, 0.15) is 5.60 Å².